The first-order valence-corrected chi connectivity index (χ1v) is 5.82. The van der Waals surface area contributed by atoms with E-state index >= 15 is 0 Å². The van der Waals surface area contributed by atoms with E-state index in [0.717, 1.165) is 6.42 Å². The van der Waals surface area contributed by atoms with E-state index < -0.39 is 10.0 Å². The van der Waals surface area contributed by atoms with Gasteiger partial charge in [0, 0.05) is 13.1 Å². The molecule has 0 aromatic carbocycles. The van der Waals surface area contributed by atoms with E-state index in [1.807, 2.05) is 0 Å². The van der Waals surface area contributed by atoms with Crippen molar-refractivity contribution in [2.24, 2.45) is 5.41 Å². The predicted octanol–water partition coefficient (Wildman–Crippen LogP) is 1.07. The molecule has 0 spiro atoms. The molecule has 0 radical (unpaired) electrons. The van der Waals surface area contributed by atoms with Crippen molar-refractivity contribution < 1.29 is 8.42 Å². The maximum absolute atomic E-state index is 11.3. The zero-order valence-corrected chi connectivity index (χ0v) is 8.98. The van der Waals surface area contributed by atoms with Gasteiger partial charge in [-0.15, -0.1) is 0 Å². The Bertz CT molecular complexity index is 263. The number of nitrogens with zero attached hydrogens (tertiary/aromatic N) is 1. The molecule has 0 bridgehead atoms. The SMILES string of the molecule is CN1C(C(C)(C)C)CCS1(=O)=O. The lowest BCUT2D eigenvalue weighted by molar-refractivity contribution is 0.212. The average Bonchev–Trinajstić information content (AvgIpc) is 2.06. The van der Waals surface area contributed by atoms with E-state index in [-0.39, 0.29) is 11.5 Å². The van der Waals surface area contributed by atoms with Gasteiger partial charge in [-0.3, -0.25) is 0 Å². The number of hydrogen-bond donors (Lipinski definition) is 0. The summed E-state index contributed by atoms with van der Waals surface area (Å²) in [6.45, 7) is 6.24. The third-order valence-corrected chi connectivity index (χ3v) is 4.41. The van der Waals surface area contributed by atoms with Crippen molar-refractivity contribution >= 4 is 10.0 Å². The van der Waals surface area contributed by atoms with Crippen molar-refractivity contribution in [2.75, 3.05) is 12.8 Å². The lowest BCUT2D eigenvalue weighted by Gasteiger charge is -2.30. The second-order valence-corrected chi connectivity index (χ2v) is 6.65. The molecule has 1 atom stereocenters. The molecule has 1 heterocycles. The van der Waals surface area contributed by atoms with E-state index in [2.05, 4.69) is 20.8 Å². The summed E-state index contributed by atoms with van der Waals surface area (Å²) in [5, 5.41) is 0. The summed E-state index contributed by atoms with van der Waals surface area (Å²) in [7, 11) is -1.25. The summed E-state index contributed by atoms with van der Waals surface area (Å²) in [6.07, 6.45) is 0.766. The Labute approximate surface area is 74.8 Å². The molecule has 1 fully saturated rings. The zero-order chi connectivity index (χ0) is 9.57. The van der Waals surface area contributed by atoms with Crippen LogP contribution in [0.2, 0.25) is 0 Å². The highest BCUT2D eigenvalue weighted by Crippen LogP contribution is 2.32. The van der Waals surface area contributed by atoms with Gasteiger partial charge in [0.05, 0.1) is 5.75 Å². The Kier molecular flexibility index (Phi) is 2.25. The first-order valence-electron chi connectivity index (χ1n) is 4.21. The molecule has 0 amide bonds. The summed E-state index contributed by atoms with van der Waals surface area (Å²) in [6, 6.07) is 0.169. The third kappa shape index (κ3) is 1.64. The van der Waals surface area contributed by atoms with Crippen molar-refractivity contribution in [3.63, 3.8) is 0 Å². The van der Waals surface area contributed by atoms with Gasteiger partial charge in [0.25, 0.3) is 0 Å². The second kappa shape index (κ2) is 2.70. The number of hydrogen-bond acceptors (Lipinski definition) is 2. The summed E-state index contributed by atoms with van der Waals surface area (Å²) in [4.78, 5) is 0. The molecule has 12 heavy (non-hydrogen) atoms. The van der Waals surface area contributed by atoms with Crippen LogP contribution in [0.1, 0.15) is 27.2 Å². The maximum Gasteiger partial charge on any atom is 0.214 e. The zero-order valence-electron chi connectivity index (χ0n) is 8.16. The van der Waals surface area contributed by atoms with E-state index in [9.17, 15) is 8.42 Å². The van der Waals surface area contributed by atoms with Crippen molar-refractivity contribution in [3.05, 3.63) is 0 Å². The maximum atomic E-state index is 11.3. The monoisotopic (exact) mass is 191 g/mol. The van der Waals surface area contributed by atoms with Crippen LogP contribution in [0.25, 0.3) is 0 Å². The largest absolute Gasteiger partial charge is 0.214 e. The minimum atomic E-state index is -2.92. The van der Waals surface area contributed by atoms with Gasteiger partial charge in [-0.2, -0.15) is 0 Å². The van der Waals surface area contributed by atoms with Crippen LogP contribution in [0.4, 0.5) is 0 Å². The van der Waals surface area contributed by atoms with Crippen molar-refractivity contribution in [3.8, 4) is 0 Å². The van der Waals surface area contributed by atoms with Crippen LogP contribution in [0.5, 0.6) is 0 Å². The topological polar surface area (TPSA) is 37.4 Å². The van der Waals surface area contributed by atoms with Crippen molar-refractivity contribution in [1.82, 2.24) is 4.31 Å². The van der Waals surface area contributed by atoms with Crippen molar-refractivity contribution in [2.45, 2.75) is 33.2 Å². The Morgan fingerprint density at radius 1 is 1.33 bits per heavy atom. The van der Waals surface area contributed by atoms with Gasteiger partial charge in [0.15, 0.2) is 0 Å². The van der Waals surface area contributed by atoms with Crippen LogP contribution in [0, 0.1) is 5.41 Å². The number of sulfonamides is 1. The van der Waals surface area contributed by atoms with E-state index in [4.69, 9.17) is 0 Å². The molecule has 1 aliphatic heterocycles. The Balaban J connectivity index is 2.89. The average molecular weight is 191 g/mol. The third-order valence-electron chi connectivity index (χ3n) is 2.53. The molecule has 0 N–H and O–H groups in total. The van der Waals surface area contributed by atoms with E-state index in [1.54, 1.807) is 7.05 Å². The Morgan fingerprint density at radius 3 is 2.00 bits per heavy atom. The highest BCUT2D eigenvalue weighted by atomic mass is 32.2. The molecule has 0 saturated carbocycles. The fraction of sp³-hybridized carbons (Fsp3) is 1.00. The molecule has 72 valence electrons. The van der Waals surface area contributed by atoms with Gasteiger partial charge >= 0.3 is 0 Å². The summed E-state index contributed by atoms with van der Waals surface area (Å²) in [5.41, 5.74) is 0.0539. The van der Waals surface area contributed by atoms with Crippen LogP contribution in [-0.4, -0.2) is 31.6 Å². The molecule has 1 unspecified atom stereocenters. The molecule has 3 nitrogen and oxygen atoms in total. The molecule has 4 heteroatoms. The molecule has 0 aliphatic carbocycles. The summed E-state index contributed by atoms with van der Waals surface area (Å²) >= 11 is 0. The lowest BCUT2D eigenvalue weighted by Crippen LogP contribution is -2.38. The smallest absolute Gasteiger partial charge is 0.212 e. The van der Waals surface area contributed by atoms with E-state index in [0.29, 0.717) is 5.75 Å². The molecule has 0 aromatic rings. The number of rotatable bonds is 0. The minimum Gasteiger partial charge on any atom is -0.212 e. The van der Waals surface area contributed by atoms with Crippen molar-refractivity contribution in [1.29, 1.82) is 0 Å². The Hall–Kier alpha value is -0.0900. The summed E-state index contributed by atoms with van der Waals surface area (Å²) < 4.78 is 24.2. The fourth-order valence-corrected chi connectivity index (χ4v) is 3.38. The molecule has 1 saturated heterocycles. The van der Waals surface area contributed by atoms with Crippen LogP contribution in [0.15, 0.2) is 0 Å². The van der Waals surface area contributed by atoms with Gasteiger partial charge in [-0.25, -0.2) is 12.7 Å². The van der Waals surface area contributed by atoms with Gasteiger partial charge in [0.1, 0.15) is 0 Å². The highest BCUT2D eigenvalue weighted by molar-refractivity contribution is 7.89. The fourth-order valence-electron chi connectivity index (χ4n) is 1.76. The molecule has 1 rings (SSSR count). The van der Waals surface area contributed by atoms with Crippen LogP contribution in [-0.2, 0) is 10.0 Å². The van der Waals surface area contributed by atoms with Crippen LogP contribution < -0.4 is 0 Å². The van der Waals surface area contributed by atoms with Gasteiger partial charge in [-0.05, 0) is 11.8 Å². The second-order valence-electron chi connectivity index (χ2n) is 4.50. The minimum absolute atomic E-state index is 0.0539. The standard InChI is InChI=1S/C8H17NO2S/c1-8(2,3)7-5-6-12(10,11)9(7)4/h7H,5-6H2,1-4H3. The van der Waals surface area contributed by atoms with Gasteiger partial charge < -0.3 is 0 Å². The van der Waals surface area contributed by atoms with Gasteiger partial charge in [0.2, 0.25) is 10.0 Å². The first kappa shape index (κ1) is 9.99. The van der Waals surface area contributed by atoms with Crippen LogP contribution >= 0.6 is 0 Å². The molecular formula is C8H17NO2S. The Morgan fingerprint density at radius 2 is 1.83 bits per heavy atom. The van der Waals surface area contributed by atoms with Gasteiger partial charge in [-0.1, -0.05) is 20.8 Å². The van der Waals surface area contributed by atoms with E-state index in [1.165, 1.54) is 4.31 Å². The lowest BCUT2D eigenvalue weighted by atomic mass is 9.85. The first-order chi connectivity index (χ1) is 5.25. The normalized spacial score (nSPS) is 30.8. The summed E-state index contributed by atoms with van der Waals surface area (Å²) in [5.74, 6) is 0.311. The predicted molar refractivity (Wildman–Crippen MR) is 49.4 cm³/mol. The quantitative estimate of drug-likeness (QED) is 0.574. The molecular weight excluding hydrogens is 174 g/mol. The molecule has 0 aromatic heterocycles. The molecule has 1 aliphatic rings. The van der Waals surface area contributed by atoms with Crippen LogP contribution in [0.3, 0.4) is 0 Å². The highest BCUT2D eigenvalue weighted by Gasteiger charge is 2.40.